The summed E-state index contributed by atoms with van der Waals surface area (Å²) in [5.74, 6) is -1.45. The summed E-state index contributed by atoms with van der Waals surface area (Å²) in [6, 6.07) is 0. The third-order valence-electron chi connectivity index (χ3n) is 12.2. The molecule has 0 aliphatic heterocycles. The highest BCUT2D eigenvalue weighted by Gasteiger charge is 2.28. The number of carbonyl (C=O) groups is 3. The van der Waals surface area contributed by atoms with Crippen molar-refractivity contribution in [3.63, 3.8) is 0 Å². The van der Waals surface area contributed by atoms with Crippen molar-refractivity contribution in [2.24, 2.45) is 0 Å². The number of ether oxygens (including phenoxy) is 3. The number of hydrogen-bond acceptors (Lipinski definition) is 10. The Balaban J connectivity index is 4.67. The molecule has 390 valence electrons. The Morgan fingerprint density at radius 2 is 0.712 bits per heavy atom. The van der Waals surface area contributed by atoms with Gasteiger partial charge in [-0.3, -0.25) is 23.4 Å². The molecule has 3 unspecified atom stereocenters. The van der Waals surface area contributed by atoms with Crippen molar-refractivity contribution in [1.29, 1.82) is 0 Å². The minimum Gasteiger partial charge on any atom is -0.462 e. The van der Waals surface area contributed by atoms with Crippen LogP contribution in [0.4, 0.5) is 0 Å². The number of rotatable bonds is 52. The minimum absolute atomic E-state index is 0.172. The monoisotopic (exact) mass is 959 g/mol. The van der Waals surface area contributed by atoms with Crippen molar-refractivity contribution in [3.8, 4) is 0 Å². The van der Waals surface area contributed by atoms with Gasteiger partial charge in [0.2, 0.25) is 0 Å². The summed E-state index contributed by atoms with van der Waals surface area (Å²) in [5.41, 5.74) is 0. The highest BCUT2D eigenvalue weighted by Crippen LogP contribution is 2.43. The van der Waals surface area contributed by atoms with E-state index in [0.717, 1.165) is 77.0 Å². The molecule has 0 amide bonds. The van der Waals surface area contributed by atoms with Crippen molar-refractivity contribution in [2.45, 2.75) is 290 Å². The van der Waals surface area contributed by atoms with Crippen LogP contribution in [0.25, 0.3) is 0 Å². The van der Waals surface area contributed by atoms with Crippen LogP contribution in [0, 0.1) is 0 Å². The topological polar surface area (TPSA) is 155 Å². The Hall–Kier alpha value is -1.78. The van der Waals surface area contributed by atoms with Crippen LogP contribution in [0.5, 0.6) is 0 Å². The van der Waals surface area contributed by atoms with E-state index in [-0.39, 0.29) is 25.9 Å². The van der Waals surface area contributed by atoms with Gasteiger partial charge in [0.15, 0.2) is 6.10 Å². The van der Waals surface area contributed by atoms with Gasteiger partial charge in [0.25, 0.3) is 0 Å². The normalized spacial score (nSPS) is 13.5. The fourth-order valence-corrected chi connectivity index (χ4v) is 8.71. The van der Waals surface area contributed by atoms with Crippen LogP contribution in [0.3, 0.4) is 0 Å². The predicted octanol–water partition coefficient (Wildman–Crippen LogP) is 15.7. The second-order valence-electron chi connectivity index (χ2n) is 18.8. The maximum absolute atomic E-state index is 12.9. The zero-order valence-electron chi connectivity index (χ0n) is 42.9. The summed E-state index contributed by atoms with van der Waals surface area (Å²) in [6.07, 6.45) is 46.1. The lowest BCUT2D eigenvalue weighted by Crippen LogP contribution is -2.30. The maximum atomic E-state index is 12.9. The van der Waals surface area contributed by atoms with Gasteiger partial charge in [-0.15, -0.1) is 0 Å². The molecule has 12 heteroatoms. The quantitative estimate of drug-likeness (QED) is 0.0197. The van der Waals surface area contributed by atoms with Crippen LogP contribution in [0.15, 0.2) is 12.2 Å². The van der Waals surface area contributed by atoms with Gasteiger partial charge in [-0.1, -0.05) is 232 Å². The third-order valence-corrected chi connectivity index (χ3v) is 13.1. The number of allylic oxidation sites excluding steroid dienone is 2. The molecule has 66 heavy (non-hydrogen) atoms. The maximum Gasteiger partial charge on any atom is 0.472 e. The van der Waals surface area contributed by atoms with E-state index in [1.54, 1.807) is 0 Å². The second-order valence-corrected chi connectivity index (χ2v) is 20.2. The van der Waals surface area contributed by atoms with Crippen molar-refractivity contribution in [1.82, 2.24) is 0 Å². The molecule has 2 N–H and O–H groups in total. The molecular formula is C54H103O11P. The Morgan fingerprint density at radius 1 is 0.409 bits per heavy atom. The zero-order chi connectivity index (χ0) is 48.4. The van der Waals surface area contributed by atoms with Crippen LogP contribution < -0.4 is 0 Å². The molecule has 0 saturated heterocycles. The summed E-state index contributed by atoms with van der Waals surface area (Å²) < 4.78 is 39.4. The molecule has 0 rings (SSSR count). The number of carbonyl (C=O) groups excluding carboxylic acids is 3. The van der Waals surface area contributed by atoms with Gasteiger partial charge >= 0.3 is 25.7 Å². The van der Waals surface area contributed by atoms with Gasteiger partial charge in [-0.25, -0.2) is 4.57 Å². The smallest absolute Gasteiger partial charge is 0.462 e. The fourth-order valence-electron chi connectivity index (χ4n) is 7.93. The molecule has 0 saturated carbocycles. The average molecular weight is 959 g/mol. The highest BCUT2D eigenvalue weighted by atomic mass is 31.2. The van der Waals surface area contributed by atoms with Crippen LogP contribution in [-0.4, -0.2) is 66.5 Å². The summed E-state index contributed by atoms with van der Waals surface area (Å²) in [5, 5.41) is 9.76. The van der Waals surface area contributed by atoms with Crippen LogP contribution in [0.2, 0.25) is 0 Å². The first-order chi connectivity index (χ1) is 32.2. The SMILES string of the molecule is CCCC/C=C\CCCCCCCC(=O)OC(CO)COP(=O)(O)OCC(COC(=O)CCCCCCCCCCCCC)OC(=O)CCCCCCCCCCCCCCCCCCC. The number of aliphatic hydroxyl groups excluding tert-OH is 1. The van der Waals surface area contributed by atoms with Gasteiger partial charge in [0, 0.05) is 19.3 Å². The van der Waals surface area contributed by atoms with Crippen LogP contribution >= 0.6 is 7.82 Å². The van der Waals surface area contributed by atoms with Crippen molar-refractivity contribution in [2.75, 3.05) is 26.4 Å². The van der Waals surface area contributed by atoms with E-state index < -0.39 is 57.8 Å². The average Bonchev–Trinajstić information content (AvgIpc) is 3.30. The first kappa shape index (κ1) is 64.2. The summed E-state index contributed by atoms with van der Waals surface area (Å²) in [4.78, 5) is 48.3. The van der Waals surface area contributed by atoms with E-state index in [0.29, 0.717) is 19.3 Å². The molecule has 0 radical (unpaired) electrons. The van der Waals surface area contributed by atoms with E-state index >= 15 is 0 Å². The van der Waals surface area contributed by atoms with Gasteiger partial charge in [-0.2, -0.15) is 0 Å². The number of esters is 3. The van der Waals surface area contributed by atoms with Gasteiger partial charge in [0.1, 0.15) is 12.7 Å². The summed E-state index contributed by atoms with van der Waals surface area (Å²) >= 11 is 0. The standard InChI is InChI=1S/C54H103O11P/c1-4-7-10-13-16-19-22-23-24-25-26-27-30-33-36-39-42-45-54(58)65-51(47-61-52(56)43-40-37-34-31-28-20-17-14-11-8-5-2)49-63-66(59,60)62-48-50(46-55)64-53(57)44-41-38-35-32-29-21-18-15-12-9-6-3/h15,18,50-51,55H,4-14,16-17,19-49H2,1-3H3,(H,59,60)/b18-15-. The lowest BCUT2D eigenvalue weighted by atomic mass is 10.0. The van der Waals surface area contributed by atoms with Gasteiger partial charge in [-0.05, 0) is 38.5 Å². The number of phosphoric ester groups is 1. The summed E-state index contributed by atoms with van der Waals surface area (Å²) in [6.45, 7) is 4.63. The molecule has 0 aromatic heterocycles. The Labute approximate surface area is 405 Å². The minimum atomic E-state index is -4.73. The lowest BCUT2D eigenvalue weighted by molar-refractivity contribution is -0.161. The molecule has 0 aromatic rings. The van der Waals surface area contributed by atoms with E-state index in [1.165, 1.54) is 141 Å². The number of hydrogen-bond donors (Lipinski definition) is 2. The molecular weight excluding hydrogens is 856 g/mol. The van der Waals surface area contributed by atoms with Crippen LogP contribution in [-0.2, 0) is 42.2 Å². The molecule has 0 fully saturated rings. The van der Waals surface area contributed by atoms with E-state index in [4.69, 9.17) is 23.3 Å². The molecule has 0 aliphatic carbocycles. The lowest BCUT2D eigenvalue weighted by Gasteiger charge is -2.21. The van der Waals surface area contributed by atoms with E-state index in [1.807, 2.05) is 0 Å². The molecule has 0 bridgehead atoms. The largest absolute Gasteiger partial charge is 0.472 e. The first-order valence-corrected chi connectivity index (χ1v) is 29.1. The Kier molecular flexibility index (Phi) is 48.3. The molecule has 11 nitrogen and oxygen atoms in total. The molecule has 0 aliphatic rings. The fraction of sp³-hybridized carbons (Fsp3) is 0.907. The molecule has 0 spiro atoms. The van der Waals surface area contributed by atoms with E-state index in [9.17, 15) is 28.9 Å². The molecule has 0 aromatic carbocycles. The van der Waals surface area contributed by atoms with E-state index in [2.05, 4.69) is 32.9 Å². The van der Waals surface area contributed by atoms with Gasteiger partial charge in [0.05, 0.1) is 19.8 Å². The predicted molar refractivity (Wildman–Crippen MR) is 270 cm³/mol. The van der Waals surface area contributed by atoms with Crippen molar-refractivity contribution in [3.05, 3.63) is 12.2 Å². The molecule has 3 atom stereocenters. The van der Waals surface area contributed by atoms with Crippen molar-refractivity contribution < 1.29 is 52.2 Å². The number of phosphoric acid groups is 1. The summed E-state index contributed by atoms with van der Waals surface area (Å²) in [7, 11) is -4.73. The Morgan fingerprint density at radius 3 is 1.09 bits per heavy atom. The van der Waals surface area contributed by atoms with Crippen LogP contribution in [0.1, 0.15) is 278 Å². The molecule has 0 heterocycles. The van der Waals surface area contributed by atoms with Gasteiger partial charge < -0.3 is 24.2 Å². The highest BCUT2D eigenvalue weighted by molar-refractivity contribution is 7.47. The first-order valence-electron chi connectivity index (χ1n) is 27.6. The zero-order valence-corrected chi connectivity index (χ0v) is 43.8. The number of aliphatic hydroxyl groups is 1. The third kappa shape index (κ3) is 47.3. The second kappa shape index (κ2) is 49.6. The Bertz CT molecular complexity index is 1160. The van der Waals surface area contributed by atoms with Crippen molar-refractivity contribution >= 4 is 25.7 Å². The number of unbranched alkanes of at least 4 members (excludes halogenated alkanes) is 33.